The van der Waals surface area contributed by atoms with Crippen LogP contribution in [-0.4, -0.2) is 5.38 Å². The molecule has 1 atom stereocenters. The Morgan fingerprint density at radius 3 is 2.23 bits per heavy atom. The van der Waals surface area contributed by atoms with Crippen molar-refractivity contribution in [2.45, 2.75) is 64.7 Å². The molecule has 0 aromatic heterocycles. The van der Waals surface area contributed by atoms with E-state index in [-0.39, 0.29) is 0 Å². The highest BCUT2D eigenvalue weighted by molar-refractivity contribution is 6.20. The topological polar surface area (TPSA) is 0 Å². The maximum atomic E-state index is 6.08. The molecule has 0 N–H and O–H groups in total. The summed E-state index contributed by atoms with van der Waals surface area (Å²) in [6.07, 6.45) is 8.34. The van der Waals surface area contributed by atoms with Crippen LogP contribution in [0.15, 0.2) is 0 Å². The van der Waals surface area contributed by atoms with Crippen LogP contribution in [0, 0.1) is 11.3 Å². The van der Waals surface area contributed by atoms with Crippen LogP contribution in [0.2, 0.25) is 0 Å². The fourth-order valence-electron chi connectivity index (χ4n) is 2.78. The van der Waals surface area contributed by atoms with Gasteiger partial charge in [0.15, 0.2) is 0 Å². The summed E-state index contributed by atoms with van der Waals surface area (Å²) in [6, 6.07) is 0. The van der Waals surface area contributed by atoms with E-state index in [0.29, 0.717) is 10.8 Å². The lowest BCUT2D eigenvalue weighted by Crippen LogP contribution is -2.28. The maximum absolute atomic E-state index is 6.08. The van der Waals surface area contributed by atoms with Gasteiger partial charge in [0, 0.05) is 5.38 Å². The molecule has 0 aromatic rings. The van der Waals surface area contributed by atoms with Gasteiger partial charge in [-0.2, -0.15) is 0 Å². The largest absolute Gasteiger partial charge is 0.123 e. The van der Waals surface area contributed by atoms with Crippen molar-refractivity contribution in [1.29, 1.82) is 0 Å². The molecule has 0 saturated heterocycles. The Morgan fingerprint density at radius 1 is 1.23 bits per heavy atom. The van der Waals surface area contributed by atoms with Crippen LogP contribution in [0.4, 0.5) is 0 Å². The first-order valence-electron chi connectivity index (χ1n) is 5.66. The molecule has 13 heavy (non-hydrogen) atoms. The van der Waals surface area contributed by atoms with Gasteiger partial charge >= 0.3 is 0 Å². The monoisotopic (exact) mass is 202 g/mol. The molecule has 1 rings (SSSR count). The Balaban J connectivity index is 2.45. The molecule has 0 amide bonds. The van der Waals surface area contributed by atoms with Gasteiger partial charge in [0.2, 0.25) is 0 Å². The van der Waals surface area contributed by atoms with E-state index in [2.05, 4.69) is 20.8 Å². The molecule has 78 valence electrons. The van der Waals surface area contributed by atoms with Gasteiger partial charge in [-0.05, 0) is 37.5 Å². The first kappa shape index (κ1) is 11.4. The van der Waals surface area contributed by atoms with Crippen molar-refractivity contribution >= 4 is 11.6 Å². The Hall–Kier alpha value is 0.290. The first-order chi connectivity index (χ1) is 6.02. The Bertz CT molecular complexity index is 143. The summed E-state index contributed by atoms with van der Waals surface area (Å²) in [7, 11) is 0. The van der Waals surface area contributed by atoms with E-state index in [4.69, 9.17) is 11.6 Å². The summed E-state index contributed by atoms with van der Waals surface area (Å²) in [6.45, 7) is 6.90. The molecule has 0 aliphatic heterocycles. The van der Waals surface area contributed by atoms with E-state index in [1.54, 1.807) is 0 Å². The zero-order valence-corrected chi connectivity index (χ0v) is 10.0. The summed E-state index contributed by atoms with van der Waals surface area (Å²) in [5.74, 6) is 0.919. The molecular weight excluding hydrogens is 180 g/mol. The highest BCUT2D eigenvalue weighted by Gasteiger charge is 2.31. The van der Waals surface area contributed by atoms with Crippen molar-refractivity contribution in [3.8, 4) is 0 Å². The van der Waals surface area contributed by atoms with Gasteiger partial charge < -0.3 is 0 Å². The zero-order chi connectivity index (χ0) is 9.90. The SMILES string of the molecule is CC(Cl)CC(C)(C)C1CCCCC1. The molecule has 0 heterocycles. The predicted molar refractivity (Wildman–Crippen MR) is 60.3 cm³/mol. The van der Waals surface area contributed by atoms with E-state index in [1.165, 1.54) is 38.5 Å². The van der Waals surface area contributed by atoms with Gasteiger partial charge in [-0.3, -0.25) is 0 Å². The third kappa shape index (κ3) is 3.50. The molecule has 1 aliphatic carbocycles. The average Bonchev–Trinajstić information content (AvgIpc) is 2.04. The molecular formula is C12H23Cl. The van der Waals surface area contributed by atoms with E-state index in [0.717, 1.165) is 5.92 Å². The highest BCUT2D eigenvalue weighted by Crippen LogP contribution is 2.41. The fourth-order valence-corrected chi connectivity index (χ4v) is 3.17. The summed E-state index contributed by atoms with van der Waals surface area (Å²) < 4.78 is 0. The Morgan fingerprint density at radius 2 is 1.77 bits per heavy atom. The van der Waals surface area contributed by atoms with Gasteiger partial charge in [0.1, 0.15) is 0 Å². The molecule has 1 heteroatoms. The minimum Gasteiger partial charge on any atom is -0.123 e. The average molecular weight is 203 g/mol. The number of alkyl halides is 1. The van der Waals surface area contributed by atoms with Gasteiger partial charge in [0.05, 0.1) is 0 Å². The predicted octanol–water partition coefficient (Wildman–Crippen LogP) is 4.61. The van der Waals surface area contributed by atoms with Crippen LogP contribution >= 0.6 is 11.6 Å². The molecule has 0 spiro atoms. The Kier molecular flexibility index (Phi) is 4.09. The van der Waals surface area contributed by atoms with E-state index >= 15 is 0 Å². The van der Waals surface area contributed by atoms with E-state index in [1.807, 2.05) is 0 Å². The normalized spacial score (nSPS) is 23.1. The van der Waals surface area contributed by atoms with Crippen LogP contribution in [0.5, 0.6) is 0 Å². The maximum Gasteiger partial charge on any atom is 0.0313 e. The van der Waals surface area contributed by atoms with Crippen LogP contribution in [0.1, 0.15) is 59.3 Å². The standard InChI is InChI=1S/C12H23Cl/c1-10(13)9-12(2,3)11-7-5-4-6-8-11/h10-11H,4-9H2,1-3H3. The molecule has 1 saturated carbocycles. The van der Waals surface area contributed by atoms with Crippen LogP contribution in [0.25, 0.3) is 0 Å². The van der Waals surface area contributed by atoms with Crippen molar-refractivity contribution in [2.24, 2.45) is 11.3 Å². The number of hydrogen-bond donors (Lipinski definition) is 0. The summed E-state index contributed by atoms with van der Waals surface area (Å²) in [5.41, 5.74) is 0.460. The summed E-state index contributed by atoms with van der Waals surface area (Å²) in [4.78, 5) is 0. The third-order valence-corrected chi connectivity index (χ3v) is 3.67. The zero-order valence-electron chi connectivity index (χ0n) is 9.28. The molecule has 1 unspecified atom stereocenters. The number of hydrogen-bond acceptors (Lipinski definition) is 0. The van der Waals surface area contributed by atoms with Gasteiger partial charge in [-0.15, -0.1) is 11.6 Å². The minimum absolute atomic E-state index is 0.330. The molecule has 1 aliphatic rings. The van der Waals surface area contributed by atoms with Crippen molar-refractivity contribution < 1.29 is 0 Å². The lowest BCUT2D eigenvalue weighted by molar-refractivity contribution is 0.146. The second kappa shape index (κ2) is 4.68. The molecule has 0 nitrogen and oxygen atoms in total. The second-order valence-electron chi connectivity index (χ2n) is 5.31. The second-order valence-corrected chi connectivity index (χ2v) is 6.05. The summed E-state index contributed by atoms with van der Waals surface area (Å²) in [5, 5.41) is 0.330. The van der Waals surface area contributed by atoms with Crippen molar-refractivity contribution in [3.05, 3.63) is 0 Å². The third-order valence-electron chi connectivity index (χ3n) is 3.52. The lowest BCUT2D eigenvalue weighted by Gasteiger charge is -2.37. The van der Waals surface area contributed by atoms with Crippen LogP contribution < -0.4 is 0 Å². The molecule has 1 fully saturated rings. The lowest BCUT2D eigenvalue weighted by atomic mass is 9.69. The smallest absolute Gasteiger partial charge is 0.0313 e. The first-order valence-corrected chi connectivity index (χ1v) is 6.10. The van der Waals surface area contributed by atoms with Gasteiger partial charge in [-0.1, -0.05) is 33.1 Å². The van der Waals surface area contributed by atoms with Gasteiger partial charge in [-0.25, -0.2) is 0 Å². The number of halogens is 1. The fraction of sp³-hybridized carbons (Fsp3) is 1.00. The number of rotatable bonds is 3. The minimum atomic E-state index is 0.330. The summed E-state index contributed by atoms with van der Waals surface area (Å²) >= 11 is 6.08. The van der Waals surface area contributed by atoms with Crippen LogP contribution in [-0.2, 0) is 0 Å². The van der Waals surface area contributed by atoms with Crippen LogP contribution in [0.3, 0.4) is 0 Å². The Labute approximate surface area is 88.1 Å². The molecule has 0 bridgehead atoms. The highest BCUT2D eigenvalue weighted by atomic mass is 35.5. The quantitative estimate of drug-likeness (QED) is 0.587. The van der Waals surface area contributed by atoms with Crippen molar-refractivity contribution in [2.75, 3.05) is 0 Å². The van der Waals surface area contributed by atoms with Gasteiger partial charge in [0.25, 0.3) is 0 Å². The van der Waals surface area contributed by atoms with Crippen molar-refractivity contribution in [1.82, 2.24) is 0 Å². The van der Waals surface area contributed by atoms with E-state index < -0.39 is 0 Å². The van der Waals surface area contributed by atoms with Crippen molar-refractivity contribution in [3.63, 3.8) is 0 Å². The molecule has 0 aromatic carbocycles. The molecule has 0 radical (unpaired) electrons. The van der Waals surface area contributed by atoms with E-state index in [9.17, 15) is 0 Å².